The summed E-state index contributed by atoms with van der Waals surface area (Å²) in [6, 6.07) is 13.1. The molecule has 0 fully saturated rings. The van der Waals surface area contributed by atoms with Crippen LogP contribution in [0.2, 0.25) is 0 Å². The summed E-state index contributed by atoms with van der Waals surface area (Å²) in [5, 5.41) is 20.9. The van der Waals surface area contributed by atoms with Crippen LogP contribution in [0, 0.1) is 5.82 Å². The van der Waals surface area contributed by atoms with Gasteiger partial charge in [-0.2, -0.15) is 0 Å². The summed E-state index contributed by atoms with van der Waals surface area (Å²) in [7, 11) is 0. The second-order valence-corrected chi connectivity index (χ2v) is 7.62. The van der Waals surface area contributed by atoms with Crippen molar-refractivity contribution in [1.82, 2.24) is 4.90 Å². The van der Waals surface area contributed by atoms with Crippen molar-refractivity contribution in [3.8, 4) is 0 Å². The van der Waals surface area contributed by atoms with E-state index in [-0.39, 0.29) is 31.0 Å². The molecule has 2 N–H and O–H groups in total. The predicted molar refractivity (Wildman–Crippen MR) is 112 cm³/mol. The molecule has 0 aliphatic heterocycles. The van der Waals surface area contributed by atoms with Gasteiger partial charge in [0.15, 0.2) is 0 Å². The first kappa shape index (κ1) is 22.1. The average Bonchev–Trinajstić information content (AvgIpc) is 2.66. The van der Waals surface area contributed by atoms with E-state index in [1.165, 1.54) is 23.1 Å². The third-order valence-corrected chi connectivity index (χ3v) is 5.42. The Hall–Kier alpha value is -2.18. The minimum atomic E-state index is -1.53. The highest BCUT2D eigenvalue weighted by Crippen LogP contribution is 2.33. The lowest BCUT2D eigenvalue weighted by Crippen LogP contribution is -2.38. The van der Waals surface area contributed by atoms with Crippen molar-refractivity contribution in [2.24, 2.45) is 0 Å². The van der Waals surface area contributed by atoms with Gasteiger partial charge in [0.1, 0.15) is 5.82 Å². The van der Waals surface area contributed by atoms with Crippen LogP contribution < -0.4 is 0 Å². The fourth-order valence-electron chi connectivity index (χ4n) is 3.44. The van der Waals surface area contributed by atoms with Gasteiger partial charge >= 0.3 is 6.09 Å². The van der Waals surface area contributed by atoms with Gasteiger partial charge in [-0.1, -0.05) is 59.3 Å². The molecule has 4 nitrogen and oxygen atoms in total. The fourth-order valence-corrected chi connectivity index (χ4v) is 3.70. The number of rotatable bonds is 9. The largest absolute Gasteiger partial charge is 0.465 e. The number of hydrogen-bond acceptors (Lipinski definition) is 2. The first-order chi connectivity index (χ1) is 13.3. The molecule has 0 saturated carbocycles. The van der Waals surface area contributed by atoms with E-state index in [2.05, 4.69) is 22.5 Å². The Morgan fingerprint density at radius 3 is 2.46 bits per heavy atom. The SMILES string of the molecule is C=CCC(O)(CCN(C(=O)O)[C@@H](CC)c1ccc(Br)cc1)c1ccccc1F. The first-order valence-corrected chi connectivity index (χ1v) is 9.95. The molecule has 0 heterocycles. The van der Waals surface area contributed by atoms with E-state index in [1.54, 1.807) is 12.1 Å². The van der Waals surface area contributed by atoms with E-state index < -0.39 is 17.5 Å². The summed E-state index contributed by atoms with van der Waals surface area (Å²) in [6.45, 7) is 5.62. The van der Waals surface area contributed by atoms with Crippen molar-refractivity contribution >= 4 is 22.0 Å². The molecule has 28 heavy (non-hydrogen) atoms. The lowest BCUT2D eigenvalue weighted by molar-refractivity contribution is 0.0133. The maximum absolute atomic E-state index is 14.3. The van der Waals surface area contributed by atoms with Crippen molar-refractivity contribution in [1.29, 1.82) is 0 Å². The van der Waals surface area contributed by atoms with Gasteiger partial charge in [-0.05, 0) is 43.0 Å². The Bertz CT molecular complexity index is 812. The maximum Gasteiger partial charge on any atom is 0.407 e. The lowest BCUT2D eigenvalue weighted by Gasteiger charge is -2.34. The van der Waals surface area contributed by atoms with Crippen molar-refractivity contribution in [2.75, 3.05) is 6.54 Å². The standard InChI is InChI=1S/C22H25BrFNO3/c1-3-13-22(28,18-7-5-6-8-19(18)24)14-15-25(21(26)27)20(4-2)16-9-11-17(23)12-10-16/h3,5-12,20,28H,1,4,13-15H2,2H3,(H,26,27)/t20-,22?/m0/s1. The molecule has 6 heteroatoms. The zero-order valence-corrected chi connectivity index (χ0v) is 17.4. The lowest BCUT2D eigenvalue weighted by atomic mass is 9.86. The quantitative estimate of drug-likeness (QED) is 0.470. The molecular weight excluding hydrogens is 425 g/mol. The molecule has 2 aromatic rings. The van der Waals surface area contributed by atoms with Crippen LogP contribution in [0.15, 0.2) is 65.7 Å². The van der Waals surface area contributed by atoms with E-state index in [0.717, 1.165) is 10.0 Å². The van der Waals surface area contributed by atoms with E-state index in [4.69, 9.17) is 0 Å². The zero-order valence-electron chi connectivity index (χ0n) is 15.8. The third kappa shape index (κ3) is 5.20. The summed E-state index contributed by atoms with van der Waals surface area (Å²) in [6.07, 6.45) is 1.19. The maximum atomic E-state index is 14.3. The Kier molecular flexibility index (Phi) is 7.78. The van der Waals surface area contributed by atoms with Crippen LogP contribution >= 0.6 is 15.9 Å². The summed E-state index contributed by atoms with van der Waals surface area (Å²) < 4.78 is 15.2. The van der Waals surface area contributed by atoms with Gasteiger partial charge in [0.05, 0.1) is 11.6 Å². The number of nitrogens with zero attached hydrogens (tertiary/aromatic N) is 1. The topological polar surface area (TPSA) is 60.8 Å². The molecule has 0 aliphatic carbocycles. The van der Waals surface area contributed by atoms with Gasteiger partial charge < -0.3 is 15.1 Å². The highest BCUT2D eigenvalue weighted by molar-refractivity contribution is 9.10. The van der Waals surface area contributed by atoms with E-state index >= 15 is 0 Å². The summed E-state index contributed by atoms with van der Waals surface area (Å²) in [5.74, 6) is -0.520. The van der Waals surface area contributed by atoms with E-state index in [1.807, 2.05) is 31.2 Å². The number of hydrogen-bond donors (Lipinski definition) is 2. The van der Waals surface area contributed by atoms with Crippen LogP contribution in [0.3, 0.4) is 0 Å². The molecule has 2 aromatic carbocycles. The second-order valence-electron chi connectivity index (χ2n) is 6.71. The first-order valence-electron chi connectivity index (χ1n) is 9.15. The molecular formula is C22H25BrFNO3. The number of carbonyl (C=O) groups is 1. The van der Waals surface area contributed by atoms with Gasteiger partial charge in [0.2, 0.25) is 0 Å². The Morgan fingerprint density at radius 2 is 1.93 bits per heavy atom. The highest BCUT2D eigenvalue weighted by Gasteiger charge is 2.33. The molecule has 2 atom stereocenters. The molecule has 0 aliphatic rings. The van der Waals surface area contributed by atoms with Crippen LogP contribution in [0.1, 0.15) is 43.4 Å². The van der Waals surface area contributed by atoms with Crippen LogP contribution in [-0.4, -0.2) is 27.8 Å². The van der Waals surface area contributed by atoms with E-state index in [0.29, 0.717) is 6.42 Å². The van der Waals surface area contributed by atoms with Gasteiger partial charge in [-0.25, -0.2) is 9.18 Å². The van der Waals surface area contributed by atoms with Gasteiger partial charge in [-0.3, -0.25) is 0 Å². The molecule has 1 amide bonds. The zero-order chi connectivity index (χ0) is 20.7. The molecule has 0 aromatic heterocycles. The Balaban J connectivity index is 2.29. The van der Waals surface area contributed by atoms with Crippen molar-refractivity contribution in [3.63, 3.8) is 0 Å². The number of amides is 1. The number of carboxylic acid groups (broad SMARTS) is 1. The highest BCUT2D eigenvalue weighted by atomic mass is 79.9. The van der Waals surface area contributed by atoms with Crippen LogP contribution in [0.4, 0.5) is 9.18 Å². The van der Waals surface area contributed by atoms with Crippen molar-refractivity contribution in [2.45, 2.75) is 37.8 Å². The fraction of sp³-hybridized carbons (Fsp3) is 0.318. The van der Waals surface area contributed by atoms with Gasteiger partial charge in [0.25, 0.3) is 0 Å². The molecule has 2 rings (SSSR count). The Morgan fingerprint density at radius 1 is 1.29 bits per heavy atom. The third-order valence-electron chi connectivity index (χ3n) is 4.89. The summed E-state index contributed by atoms with van der Waals surface area (Å²) in [5.41, 5.74) is -0.512. The van der Waals surface area contributed by atoms with Gasteiger partial charge in [0, 0.05) is 16.6 Å². The van der Waals surface area contributed by atoms with Crippen molar-refractivity contribution in [3.05, 3.63) is 82.6 Å². The Labute approximate surface area is 173 Å². The normalized spacial score (nSPS) is 14.1. The molecule has 0 bridgehead atoms. The monoisotopic (exact) mass is 449 g/mol. The molecule has 0 radical (unpaired) electrons. The molecule has 1 unspecified atom stereocenters. The summed E-state index contributed by atoms with van der Waals surface area (Å²) >= 11 is 3.38. The van der Waals surface area contributed by atoms with Crippen LogP contribution in [0.25, 0.3) is 0 Å². The number of aliphatic hydroxyl groups is 1. The summed E-state index contributed by atoms with van der Waals surface area (Å²) in [4.78, 5) is 13.3. The minimum Gasteiger partial charge on any atom is -0.465 e. The average molecular weight is 450 g/mol. The smallest absolute Gasteiger partial charge is 0.407 e. The van der Waals surface area contributed by atoms with Crippen molar-refractivity contribution < 1.29 is 19.4 Å². The second kappa shape index (κ2) is 9.85. The number of halogens is 2. The van der Waals surface area contributed by atoms with Crippen LogP contribution in [-0.2, 0) is 5.60 Å². The van der Waals surface area contributed by atoms with Gasteiger partial charge in [-0.15, -0.1) is 6.58 Å². The minimum absolute atomic E-state index is 0.0548. The van der Waals surface area contributed by atoms with Crippen LogP contribution in [0.5, 0.6) is 0 Å². The molecule has 0 spiro atoms. The van der Waals surface area contributed by atoms with E-state index in [9.17, 15) is 19.4 Å². The number of benzene rings is 2. The molecule has 150 valence electrons. The molecule has 0 saturated heterocycles. The predicted octanol–water partition coefficient (Wildman–Crippen LogP) is 5.87.